The summed E-state index contributed by atoms with van der Waals surface area (Å²) in [6, 6.07) is 1.30. The molecule has 0 saturated heterocycles. The molecule has 2 amide bonds. The molecule has 3 N–H and O–H groups in total. The minimum atomic E-state index is -1.01. The molecule has 2 heterocycles. The summed E-state index contributed by atoms with van der Waals surface area (Å²) in [5, 5.41) is 21.2. The van der Waals surface area contributed by atoms with Crippen LogP contribution in [0.5, 0.6) is 0 Å². The molecular formula is C11H13N7O3. The van der Waals surface area contributed by atoms with Gasteiger partial charge in [0.15, 0.2) is 0 Å². The molecule has 110 valence electrons. The Bertz CT molecular complexity index is 613. The number of rotatable bonds is 6. The number of carboxylic acids is 1. The summed E-state index contributed by atoms with van der Waals surface area (Å²) in [7, 11) is 0. The van der Waals surface area contributed by atoms with Crippen molar-refractivity contribution in [2.45, 2.75) is 19.6 Å². The predicted molar refractivity (Wildman–Crippen MR) is 68.8 cm³/mol. The molecule has 0 aliphatic carbocycles. The molecule has 0 bridgehead atoms. The quantitative estimate of drug-likeness (QED) is 0.631. The molecule has 0 atom stereocenters. The van der Waals surface area contributed by atoms with Crippen molar-refractivity contribution in [3.63, 3.8) is 0 Å². The molecule has 0 fully saturated rings. The van der Waals surface area contributed by atoms with Gasteiger partial charge in [-0.05, 0) is 6.07 Å². The van der Waals surface area contributed by atoms with Crippen molar-refractivity contribution in [2.75, 3.05) is 0 Å². The van der Waals surface area contributed by atoms with Gasteiger partial charge in [-0.3, -0.25) is 4.79 Å². The zero-order chi connectivity index (χ0) is 15.1. The third-order valence-corrected chi connectivity index (χ3v) is 2.39. The normalized spacial score (nSPS) is 10.1. The largest absolute Gasteiger partial charge is 0.480 e. The van der Waals surface area contributed by atoms with Crippen molar-refractivity contribution >= 4 is 12.0 Å². The number of amides is 2. The number of nitrogens with one attached hydrogen (secondary N) is 2. The molecule has 0 aromatic carbocycles. The highest BCUT2D eigenvalue weighted by molar-refractivity contribution is 5.73. The van der Waals surface area contributed by atoms with Crippen LogP contribution in [-0.2, 0) is 24.4 Å². The fourth-order valence-electron chi connectivity index (χ4n) is 1.46. The maximum Gasteiger partial charge on any atom is 0.325 e. The Hall–Kier alpha value is -3.04. The fraction of sp³-hybridized carbons (Fsp3) is 0.273. The van der Waals surface area contributed by atoms with Gasteiger partial charge in [-0.1, -0.05) is 5.21 Å². The molecule has 10 nitrogen and oxygen atoms in total. The first kappa shape index (κ1) is 14.4. The summed E-state index contributed by atoms with van der Waals surface area (Å²) in [4.78, 5) is 29.8. The molecule has 2 rings (SSSR count). The van der Waals surface area contributed by atoms with Gasteiger partial charge in [0.2, 0.25) is 0 Å². The average molecular weight is 291 g/mol. The van der Waals surface area contributed by atoms with E-state index in [-0.39, 0.29) is 25.7 Å². The van der Waals surface area contributed by atoms with E-state index in [0.29, 0.717) is 11.4 Å². The van der Waals surface area contributed by atoms with E-state index in [2.05, 4.69) is 30.9 Å². The second-order valence-electron chi connectivity index (χ2n) is 4.04. The van der Waals surface area contributed by atoms with Crippen LogP contribution >= 0.6 is 0 Å². The van der Waals surface area contributed by atoms with E-state index in [9.17, 15) is 9.59 Å². The van der Waals surface area contributed by atoms with Crippen molar-refractivity contribution < 1.29 is 14.7 Å². The third kappa shape index (κ3) is 4.86. The number of carbonyl (C=O) groups is 2. The first-order valence-electron chi connectivity index (χ1n) is 6.01. The van der Waals surface area contributed by atoms with E-state index in [0.717, 1.165) is 0 Å². The van der Waals surface area contributed by atoms with Gasteiger partial charge >= 0.3 is 12.0 Å². The second-order valence-corrected chi connectivity index (χ2v) is 4.04. The lowest BCUT2D eigenvalue weighted by Crippen LogP contribution is -2.34. The highest BCUT2D eigenvalue weighted by atomic mass is 16.4. The van der Waals surface area contributed by atoms with E-state index in [4.69, 9.17) is 5.11 Å². The molecule has 0 radical (unpaired) electrons. The van der Waals surface area contributed by atoms with E-state index < -0.39 is 5.97 Å². The molecule has 2 aromatic rings. The molecular weight excluding hydrogens is 278 g/mol. The highest BCUT2D eigenvalue weighted by Crippen LogP contribution is 1.93. The number of aromatic nitrogens is 5. The maximum atomic E-state index is 11.6. The van der Waals surface area contributed by atoms with Crippen LogP contribution in [0, 0.1) is 0 Å². The number of nitrogens with zero attached hydrogens (tertiary/aromatic N) is 5. The summed E-state index contributed by atoms with van der Waals surface area (Å²) in [6.07, 6.45) is 4.44. The van der Waals surface area contributed by atoms with E-state index >= 15 is 0 Å². The topological polar surface area (TPSA) is 135 Å². The summed E-state index contributed by atoms with van der Waals surface area (Å²) >= 11 is 0. The highest BCUT2D eigenvalue weighted by Gasteiger charge is 2.06. The Morgan fingerprint density at radius 3 is 2.67 bits per heavy atom. The van der Waals surface area contributed by atoms with Crippen molar-refractivity contribution in [3.8, 4) is 0 Å². The Kier molecular flexibility index (Phi) is 4.75. The van der Waals surface area contributed by atoms with Crippen molar-refractivity contribution in [1.82, 2.24) is 35.6 Å². The van der Waals surface area contributed by atoms with Crippen LogP contribution in [0.1, 0.15) is 11.4 Å². The average Bonchev–Trinajstić information content (AvgIpc) is 2.91. The number of carboxylic acid groups (broad SMARTS) is 1. The van der Waals surface area contributed by atoms with Gasteiger partial charge in [0.25, 0.3) is 0 Å². The van der Waals surface area contributed by atoms with E-state index in [1.165, 1.54) is 17.2 Å². The van der Waals surface area contributed by atoms with Gasteiger partial charge in [0.1, 0.15) is 18.6 Å². The Morgan fingerprint density at radius 1 is 1.24 bits per heavy atom. The van der Waals surface area contributed by atoms with Gasteiger partial charge in [0, 0.05) is 6.20 Å². The van der Waals surface area contributed by atoms with Gasteiger partial charge in [-0.25, -0.2) is 19.4 Å². The lowest BCUT2D eigenvalue weighted by atomic mass is 10.4. The summed E-state index contributed by atoms with van der Waals surface area (Å²) in [5.41, 5.74) is 1.15. The number of hydrogen-bond acceptors (Lipinski definition) is 6. The van der Waals surface area contributed by atoms with Crippen LogP contribution < -0.4 is 10.6 Å². The Morgan fingerprint density at radius 2 is 2.00 bits per heavy atom. The zero-order valence-corrected chi connectivity index (χ0v) is 10.9. The number of hydrogen-bond donors (Lipinski definition) is 3. The van der Waals surface area contributed by atoms with E-state index in [1.807, 2.05) is 0 Å². The number of carbonyl (C=O) groups excluding carboxylic acids is 1. The number of aliphatic carboxylic acids is 1. The van der Waals surface area contributed by atoms with Crippen LogP contribution in [0.25, 0.3) is 0 Å². The van der Waals surface area contributed by atoms with Crippen LogP contribution in [0.2, 0.25) is 0 Å². The molecule has 0 saturated carbocycles. The van der Waals surface area contributed by atoms with Crippen molar-refractivity contribution in [2.24, 2.45) is 0 Å². The predicted octanol–water partition coefficient (Wildman–Crippen LogP) is -0.848. The fourth-order valence-corrected chi connectivity index (χ4v) is 1.46. The molecule has 2 aromatic heterocycles. The summed E-state index contributed by atoms with van der Waals surface area (Å²) < 4.78 is 1.18. The minimum Gasteiger partial charge on any atom is -0.480 e. The smallest absolute Gasteiger partial charge is 0.325 e. The molecule has 0 aliphatic rings. The molecule has 0 unspecified atom stereocenters. The van der Waals surface area contributed by atoms with Crippen LogP contribution in [-0.4, -0.2) is 42.1 Å². The lowest BCUT2D eigenvalue weighted by molar-refractivity contribution is -0.137. The van der Waals surface area contributed by atoms with Crippen LogP contribution in [0.15, 0.2) is 24.8 Å². The van der Waals surface area contributed by atoms with Crippen LogP contribution in [0.3, 0.4) is 0 Å². The molecule has 10 heteroatoms. The van der Waals surface area contributed by atoms with Crippen LogP contribution in [0.4, 0.5) is 4.79 Å². The zero-order valence-electron chi connectivity index (χ0n) is 10.9. The van der Waals surface area contributed by atoms with Gasteiger partial charge in [0.05, 0.1) is 25.0 Å². The monoisotopic (exact) mass is 291 g/mol. The van der Waals surface area contributed by atoms with Gasteiger partial charge < -0.3 is 15.7 Å². The summed E-state index contributed by atoms with van der Waals surface area (Å²) in [5.74, 6) is -1.01. The Labute approximate surface area is 119 Å². The SMILES string of the molecule is O=C(O)Cn1cc(CNC(=O)NCc2ccncn2)nn1. The van der Waals surface area contributed by atoms with Gasteiger partial charge in [-0.15, -0.1) is 5.10 Å². The maximum absolute atomic E-state index is 11.6. The van der Waals surface area contributed by atoms with Gasteiger partial charge in [-0.2, -0.15) is 0 Å². The Balaban J connectivity index is 1.73. The number of urea groups is 1. The second kappa shape index (κ2) is 6.93. The standard InChI is InChI=1S/C11H13N7O3/c19-10(20)6-18-5-9(16-17-18)4-14-11(21)13-3-8-1-2-12-7-15-8/h1-2,5,7H,3-4,6H2,(H,19,20)(H2,13,14,21). The lowest BCUT2D eigenvalue weighted by Gasteiger charge is -2.05. The molecule has 21 heavy (non-hydrogen) atoms. The minimum absolute atomic E-state index is 0.148. The molecule has 0 spiro atoms. The first-order valence-corrected chi connectivity index (χ1v) is 6.01. The van der Waals surface area contributed by atoms with Crippen molar-refractivity contribution in [1.29, 1.82) is 0 Å². The van der Waals surface area contributed by atoms with Crippen molar-refractivity contribution in [3.05, 3.63) is 36.2 Å². The summed E-state index contributed by atoms with van der Waals surface area (Å²) in [6.45, 7) is 0.155. The third-order valence-electron chi connectivity index (χ3n) is 2.39. The first-order chi connectivity index (χ1) is 10.1. The molecule has 0 aliphatic heterocycles. The van der Waals surface area contributed by atoms with E-state index in [1.54, 1.807) is 12.3 Å².